The number of phenols is 1. The zero-order chi connectivity index (χ0) is 18.1. The predicted octanol–water partition coefficient (Wildman–Crippen LogP) is 5.00. The number of rotatable bonds is 3. The lowest BCUT2D eigenvalue weighted by Crippen LogP contribution is -1.96. The van der Waals surface area contributed by atoms with Gasteiger partial charge in [0.05, 0.1) is 11.2 Å². The molecule has 0 saturated carbocycles. The van der Waals surface area contributed by atoms with E-state index in [1.807, 2.05) is 48.5 Å². The van der Waals surface area contributed by atoms with Crippen molar-refractivity contribution in [1.82, 2.24) is 14.9 Å². The van der Waals surface area contributed by atoms with Crippen molar-refractivity contribution in [2.45, 2.75) is 0 Å². The van der Waals surface area contributed by atoms with Crippen molar-refractivity contribution in [2.75, 3.05) is 0 Å². The van der Waals surface area contributed by atoms with Crippen molar-refractivity contribution in [3.8, 4) is 17.1 Å². The quantitative estimate of drug-likeness (QED) is 0.388. The van der Waals surface area contributed by atoms with Crippen LogP contribution in [0.4, 0.5) is 0 Å². The lowest BCUT2D eigenvalue weighted by molar-refractivity contribution is 0.475. The van der Waals surface area contributed by atoms with Gasteiger partial charge in [-0.1, -0.05) is 54.1 Å². The highest BCUT2D eigenvalue weighted by atomic mass is 35.5. The van der Waals surface area contributed by atoms with Crippen LogP contribution in [0.25, 0.3) is 22.2 Å². The summed E-state index contributed by atoms with van der Waals surface area (Å²) in [5, 5.41) is 24.1. The summed E-state index contributed by atoms with van der Waals surface area (Å²) in [6.45, 7) is 0. The molecule has 0 atom stereocenters. The molecular weight excluding hydrogens is 368 g/mol. The molecule has 1 heterocycles. The van der Waals surface area contributed by atoms with Crippen LogP contribution in [-0.2, 0) is 0 Å². The molecule has 128 valence electrons. The summed E-state index contributed by atoms with van der Waals surface area (Å²) in [7, 11) is 0. The standard InChI is InChI=1S/C19H13ClN4OS/c20-16-8-4-3-7-14(16)18-22-23-19(26)24(18)21-11-15-13-6-2-1-5-12(13)9-10-17(15)25/h1-11,25H,(H,23,26)/b21-11-. The molecule has 3 aromatic carbocycles. The molecule has 0 aliphatic heterocycles. The van der Waals surface area contributed by atoms with Crippen LogP contribution in [-0.4, -0.2) is 26.2 Å². The van der Waals surface area contributed by atoms with E-state index in [4.69, 9.17) is 23.8 Å². The van der Waals surface area contributed by atoms with Gasteiger partial charge in [-0.25, -0.2) is 5.10 Å². The Hall–Kier alpha value is -2.96. The Labute approximate surface area is 159 Å². The van der Waals surface area contributed by atoms with Crippen molar-refractivity contribution in [3.63, 3.8) is 0 Å². The molecule has 0 aliphatic carbocycles. The van der Waals surface area contributed by atoms with E-state index in [-0.39, 0.29) is 5.75 Å². The maximum Gasteiger partial charge on any atom is 0.216 e. The number of phenolic OH excluding ortho intramolecular Hbond substituents is 1. The lowest BCUT2D eigenvalue weighted by atomic mass is 10.0. The van der Waals surface area contributed by atoms with Gasteiger partial charge in [-0.05, 0) is 41.2 Å². The number of halogens is 1. The Kier molecular flexibility index (Phi) is 4.28. The Morgan fingerprint density at radius 3 is 2.69 bits per heavy atom. The molecule has 2 N–H and O–H groups in total. The first-order valence-corrected chi connectivity index (χ1v) is 8.61. The summed E-state index contributed by atoms with van der Waals surface area (Å²) in [5.41, 5.74) is 1.32. The molecule has 0 amide bonds. The molecule has 0 unspecified atom stereocenters. The second-order valence-electron chi connectivity index (χ2n) is 5.61. The first-order chi connectivity index (χ1) is 12.6. The molecule has 0 radical (unpaired) electrons. The minimum absolute atomic E-state index is 0.141. The molecule has 26 heavy (non-hydrogen) atoms. The molecule has 0 fully saturated rings. The number of benzene rings is 3. The zero-order valence-corrected chi connectivity index (χ0v) is 15.0. The minimum Gasteiger partial charge on any atom is -0.507 e. The topological polar surface area (TPSA) is 66.2 Å². The van der Waals surface area contributed by atoms with Gasteiger partial charge in [-0.3, -0.25) is 0 Å². The van der Waals surface area contributed by atoms with Gasteiger partial charge in [0.2, 0.25) is 4.77 Å². The Balaban J connectivity index is 1.85. The fourth-order valence-corrected chi connectivity index (χ4v) is 3.15. The number of aromatic hydroxyl groups is 1. The van der Waals surface area contributed by atoms with Crippen LogP contribution in [0.3, 0.4) is 0 Å². The molecule has 7 heteroatoms. The highest BCUT2D eigenvalue weighted by Gasteiger charge is 2.12. The van der Waals surface area contributed by atoms with E-state index in [1.54, 1.807) is 18.3 Å². The van der Waals surface area contributed by atoms with Crippen molar-refractivity contribution in [2.24, 2.45) is 5.10 Å². The predicted molar refractivity (Wildman–Crippen MR) is 106 cm³/mol. The van der Waals surface area contributed by atoms with Crippen LogP contribution in [0.5, 0.6) is 5.75 Å². The SMILES string of the molecule is Oc1ccc2ccccc2c1/C=N\n1c(-c2ccccc2Cl)n[nH]c1=S. The number of aromatic nitrogens is 3. The van der Waals surface area contributed by atoms with Gasteiger partial charge >= 0.3 is 0 Å². The molecule has 4 rings (SSSR count). The van der Waals surface area contributed by atoms with Crippen molar-refractivity contribution < 1.29 is 5.11 Å². The average molecular weight is 381 g/mol. The number of hydrogen-bond acceptors (Lipinski definition) is 4. The second-order valence-corrected chi connectivity index (χ2v) is 6.40. The van der Waals surface area contributed by atoms with Crippen LogP contribution >= 0.6 is 23.8 Å². The summed E-state index contributed by atoms with van der Waals surface area (Å²) < 4.78 is 1.81. The summed E-state index contributed by atoms with van der Waals surface area (Å²) in [5.74, 6) is 0.637. The van der Waals surface area contributed by atoms with Gasteiger partial charge in [-0.15, -0.1) is 0 Å². The first kappa shape index (κ1) is 16.5. The largest absolute Gasteiger partial charge is 0.507 e. The maximum atomic E-state index is 10.3. The third-order valence-corrected chi connectivity index (χ3v) is 4.61. The zero-order valence-electron chi connectivity index (χ0n) is 13.4. The summed E-state index contributed by atoms with van der Waals surface area (Å²) >= 11 is 11.6. The second kappa shape index (κ2) is 6.74. The van der Waals surface area contributed by atoms with E-state index < -0.39 is 0 Å². The van der Waals surface area contributed by atoms with E-state index >= 15 is 0 Å². The van der Waals surface area contributed by atoms with Crippen LogP contribution in [0.15, 0.2) is 65.8 Å². The normalized spacial score (nSPS) is 11.4. The van der Waals surface area contributed by atoms with Crippen LogP contribution < -0.4 is 0 Å². The van der Waals surface area contributed by atoms with Gasteiger partial charge in [0.15, 0.2) is 5.82 Å². The lowest BCUT2D eigenvalue weighted by Gasteiger charge is -2.06. The van der Waals surface area contributed by atoms with E-state index in [0.717, 1.165) is 10.8 Å². The van der Waals surface area contributed by atoms with E-state index in [9.17, 15) is 5.11 Å². The van der Waals surface area contributed by atoms with Gasteiger partial charge in [-0.2, -0.15) is 14.9 Å². The third-order valence-electron chi connectivity index (χ3n) is 4.02. The molecule has 0 bridgehead atoms. The van der Waals surface area contributed by atoms with Crippen molar-refractivity contribution >= 4 is 40.8 Å². The monoisotopic (exact) mass is 380 g/mol. The number of aromatic amines is 1. The van der Waals surface area contributed by atoms with E-state index in [1.165, 1.54) is 4.68 Å². The van der Waals surface area contributed by atoms with Crippen LogP contribution in [0, 0.1) is 4.77 Å². The highest BCUT2D eigenvalue weighted by Crippen LogP contribution is 2.27. The number of nitrogens with zero attached hydrogens (tertiary/aromatic N) is 3. The van der Waals surface area contributed by atoms with E-state index in [0.29, 0.717) is 26.7 Å². The van der Waals surface area contributed by atoms with Crippen LogP contribution in [0.2, 0.25) is 5.02 Å². The Bertz CT molecular complexity index is 1200. The molecular formula is C19H13ClN4OS. The van der Waals surface area contributed by atoms with Gasteiger partial charge < -0.3 is 5.11 Å². The minimum atomic E-state index is 0.141. The molecule has 0 aliphatic rings. The van der Waals surface area contributed by atoms with Crippen molar-refractivity contribution in [1.29, 1.82) is 0 Å². The highest BCUT2D eigenvalue weighted by molar-refractivity contribution is 7.71. The van der Waals surface area contributed by atoms with Gasteiger partial charge in [0.25, 0.3) is 0 Å². The summed E-state index contributed by atoms with van der Waals surface area (Å²) in [6.07, 6.45) is 1.57. The van der Waals surface area contributed by atoms with E-state index in [2.05, 4.69) is 15.3 Å². The molecule has 1 aromatic heterocycles. The molecule has 0 spiro atoms. The summed E-state index contributed by atoms with van der Waals surface area (Å²) in [4.78, 5) is 0. The van der Waals surface area contributed by atoms with Crippen LogP contribution in [0.1, 0.15) is 5.56 Å². The molecule has 0 saturated heterocycles. The number of H-pyrrole nitrogens is 1. The Morgan fingerprint density at radius 2 is 1.85 bits per heavy atom. The number of nitrogens with one attached hydrogen (secondary N) is 1. The molecule has 5 nitrogen and oxygen atoms in total. The van der Waals surface area contributed by atoms with Gasteiger partial charge in [0.1, 0.15) is 5.75 Å². The van der Waals surface area contributed by atoms with Crippen molar-refractivity contribution in [3.05, 3.63) is 76.0 Å². The average Bonchev–Trinajstić information content (AvgIpc) is 3.02. The molecule has 4 aromatic rings. The number of hydrogen-bond donors (Lipinski definition) is 2. The smallest absolute Gasteiger partial charge is 0.216 e. The number of fused-ring (bicyclic) bond motifs is 1. The summed E-state index contributed by atoms with van der Waals surface area (Å²) in [6, 6.07) is 18.6. The third kappa shape index (κ3) is 2.89. The maximum absolute atomic E-state index is 10.3. The fraction of sp³-hybridized carbons (Fsp3) is 0. The Morgan fingerprint density at radius 1 is 1.08 bits per heavy atom. The fourth-order valence-electron chi connectivity index (χ4n) is 2.75. The first-order valence-electron chi connectivity index (χ1n) is 7.82. The van der Waals surface area contributed by atoms with Gasteiger partial charge in [0, 0.05) is 11.1 Å².